The summed E-state index contributed by atoms with van der Waals surface area (Å²) in [5.74, 6) is 2.33. The van der Waals surface area contributed by atoms with Crippen LogP contribution in [0.4, 0.5) is 0 Å². The fourth-order valence-electron chi connectivity index (χ4n) is 5.19. The third-order valence-corrected chi connectivity index (χ3v) is 10.2. The van der Waals surface area contributed by atoms with E-state index in [1.54, 1.807) is 0 Å². The minimum atomic E-state index is -1.94. The normalized spacial score (nSPS) is 24.6. The molecule has 1 nitrogen and oxygen atoms in total. The van der Waals surface area contributed by atoms with Gasteiger partial charge in [0.05, 0.1) is 7.14 Å². The lowest BCUT2D eigenvalue weighted by Gasteiger charge is -2.25. The summed E-state index contributed by atoms with van der Waals surface area (Å²) in [4.78, 5) is 0. The Morgan fingerprint density at radius 2 is 1.27 bits per heavy atom. The van der Waals surface area contributed by atoms with Crippen molar-refractivity contribution in [2.75, 3.05) is 18.5 Å². The lowest BCUT2D eigenvalue weighted by atomic mass is 9.96. The Kier molecular flexibility index (Phi) is 10.6. The Morgan fingerprint density at radius 1 is 0.731 bits per heavy atom. The van der Waals surface area contributed by atoms with Crippen molar-refractivity contribution in [3.63, 3.8) is 0 Å². The van der Waals surface area contributed by atoms with Gasteiger partial charge in [0.15, 0.2) is 0 Å². The van der Waals surface area contributed by atoms with E-state index < -0.39 is 7.14 Å². The maximum atomic E-state index is 13.8. The predicted octanol–water partition coefficient (Wildman–Crippen LogP) is 8.28. The molecule has 0 aromatic rings. The second-order valence-electron chi connectivity index (χ2n) is 9.26. The van der Waals surface area contributed by atoms with Crippen LogP contribution in [0.5, 0.6) is 0 Å². The summed E-state index contributed by atoms with van der Waals surface area (Å²) in [7, 11) is -1.94. The summed E-state index contributed by atoms with van der Waals surface area (Å²) in [5.41, 5.74) is 0. The van der Waals surface area contributed by atoms with Crippen molar-refractivity contribution in [3.8, 4) is 0 Å². The number of rotatable bonds is 16. The number of hydrogen-bond donors (Lipinski definition) is 0. The van der Waals surface area contributed by atoms with Crippen LogP contribution in [0.2, 0.25) is 0 Å². The van der Waals surface area contributed by atoms with Crippen LogP contribution in [-0.4, -0.2) is 18.5 Å². The van der Waals surface area contributed by atoms with Gasteiger partial charge < -0.3 is 4.57 Å². The zero-order valence-corrected chi connectivity index (χ0v) is 18.7. The first-order chi connectivity index (χ1) is 12.7. The number of fused-ring (bicyclic) bond motifs is 2. The van der Waals surface area contributed by atoms with Gasteiger partial charge in [-0.05, 0) is 43.4 Å². The van der Waals surface area contributed by atoms with Crippen LogP contribution in [0.25, 0.3) is 0 Å². The lowest BCUT2D eigenvalue weighted by molar-refractivity contribution is 0.480. The van der Waals surface area contributed by atoms with E-state index in [0.717, 1.165) is 36.2 Å². The van der Waals surface area contributed by atoms with Crippen LogP contribution < -0.4 is 0 Å². The Labute approximate surface area is 164 Å². The van der Waals surface area contributed by atoms with E-state index in [4.69, 9.17) is 0 Å². The van der Waals surface area contributed by atoms with Gasteiger partial charge in [0, 0.05) is 18.5 Å². The van der Waals surface area contributed by atoms with Crippen molar-refractivity contribution in [3.05, 3.63) is 12.2 Å². The summed E-state index contributed by atoms with van der Waals surface area (Å²) in [5, 5.41) is 0. The molecule has 1 unspecified atom stereocenters. The highest BCUT2D eigenvalue weighted by Crippen LogP contribution is 2.55. The molecule has 26 heavy (non-hydrogen) atoms. The van der Waals surface area contributed by atoms with Crippen molar-refractivity contribution >= 4 is 7.14 Å². The number of allylic oxidation sites excluding steroid dienone is 2. The van der Waals surface area contributed by atoms with E-state index in [1.165, 1.54) is 89.9 Å². The molecule has 0 radical (unpaired) electrons. The molecule has 1 fully saturated rings. The maximum Gasteiger partial charge on any atom is 0.0880 e. The SMILES string of the molecule is CCCCCCCCP(=O)(CCCCCCCC)CC1C[C@H]2C=C[C@@H]1C2. The van der Waals surface area contributed by atoms with E-state index in [0.29, 0.717) is 0 Å². The van der Waals surface area contributed by atoms with Gasteiger partial charge >= 0.3 is 0 Å². The number of hydrogen-bond acceptors (Lipinski definition) is 1. The summed E-state index contributed by atoms with van der Waals surface area (Å²) < 4.78 is 13.8. The minimum Gasteiger partial charge on any atom is -0.324 e. The Hall–Kier alpha value is -0.0300. The van der Waals surface area contributed by atoms with Gasteiger partial charge in [0.2, 0.25) is 0 Å². The molecule has 0 aromatic carbocycles. The standard InChI is InChI=1S/C24H45OP/c1-3-5-7-9-11-13-17-26(25,18-14-12-10-8-6-4-2)21-24-20-22-15-16-23(24)19-22/h15-16,22-24H,3-14,17-21H2,1-2H3/t22-,23+,24?/m0/s1. The van der Waals surface area contributed by atoms with Crippen molar-refractivity contribution in [2.45, 2.75) is 104 Å². The molecule has 2 aliphatic rings. The summed E-state index contributed by atoms with van der Waals surface area (Å²) in [6, 6.07) is 0. The molecule has 3 atom stereocenters. The highest BCUT2D eigenvalue weighted by Gasteiger charge is 2.39. The molecule has 0 amide bonds. The molecular weight excluding hydrogens is 335 g/mol. The topological polar surface area (TPSA) is 17.1 Å². The monoisotopic (exact) mass is 380 g/mol. The van der Waals surface area contributed by atoms with Gasteiger partial charge in [0.1, 0.15) is 0 Å². The van der Waals surface area contributed by atoms with Crippen LogP contribution in [0.1, 0.15) is 104 Å². The van der Waals surface area contributed by atoms with E-state index in [-0.39, 0.29) is 0 Å². The third kappa shape index (κ3) is 7.92. The fourth-order valence-corrected chi connectivity index (χ4v) is 8.65. The molecule has 2 aliphatic carbocycles. The number of unbranched alkanes of at least 4 members (excludes halogenated alkanes) is 10. The van der Waals surface area contributed by atoms with Crippen LogP contribution in [0.3, 0.4) is 0 Å². The molecule has 0 spiro atoms. The van der Waals surface area contributed by atoms with Gasteiger partial charge in [-0.1, -0.05) is 90.2 Å². The largest absolute Gasteiger partial charge is 0.324 e. The van der Waals surface area contributed by atoms with Gasteiger partial charge in [0.25, 0.3) is 0 Å². The first-order valence-electron chi connectivity index (χ1n) is 11.9. The minimum absolute atomic E-state index is 0.746. The fraction of sp³-hybridized carbons (Fsp3) is 0.917. The van der Waals surface area contributed by atoms with Gasteiger partial charge in [-0.25, -0.2) is 0 Å². The Morgan fingerprint density at radius 3 is 1.73 bits per heavy atom. The molecule has 0 aliphatic heterocycles. The van der Waals surface area contributed by atoms with Gasteiger partial charge in [-0.15, -0.1) is 0 Å². The van der Waals surface area contributed by atoms with Crippen LogP contribution in [0.15, 0.2) is 12.2 Å². The van der Waals surface area contributed by atoms with Crippen LogP contribution in [-0.2, 0) is 4.57 Å². The second-order valence-corrected chi connectivity index (χ2v) is 12.6. The highest BCUT2D eigenvalue weighted by atomic mass is 31.2. The lowest BCUT2D eigenvalue weighted by Crippen LogP contribution is -2.15. The van der Waals surface area contributed by atoms with Crippen molar-refractivity contribution in [1.82, 2.24) is 0 Å². The first-order valence-corrected chi connectivity index (χ1v) is 14.2. The molecule has 0 saturated heterocycles. The average Bonchev–Trinajstić information content (AvgIpc) is 3.24. The molecule has 1 saturated carbocycles. The van der Waals surface area contributed by atoms with Gasteiger partial charge in [-0.3, -0.25) is 0 Å². The predicted molar refractivity (Wildman–Crippen MR) is 118 cm³/mol. The highest BCUT2D eigenvalue weighted by molar-refractivity contribution is 7.63. The molecule has 152 valence electrons. The van der Waals surface area contributed by atoms with Crippen LogP contribution in [0, 0.1) is 17.8 Å². The van der Waals surface area contributed by atoms with E-state index in [1.807, 2.05) is 0 Å². The van der Waals surface area contributed by atoms with Crippen molar-refractivity contribution in [2.24, 2.45) is 17.8 Å². The average molecular weight is 381 g/mol. The summed E-state index contributed by atoms with van der Waals surface area (Å²) in [6.45, 7) is 4.55. The third-order valence-electron chi connectivity index (χ3n) is 6.82. The first kappa shape index (κ1) is 22.3. The molecule has 0 aromatic heterocycles. The van der Waals surface area contributed by atoms with E-state index in [9.17, 15) is 4.57 Å². The molecule has 2 bridgehead atoms. The van der Waals surface area contributed by atoms with Crippen LogP contribution >= 0.6 is 7.14 Å². The molecule has 2 heteroatoms. The van der Waals surface area contributed by atoms with E-state index in [2.05, 4.69) is 26.0 Å². The molecule has 0 heterocycles. The zero-order valence-electron chi connectivity index (χ0n) is 17.8. The van der Waals surface area contributed by atoms with Gasteiger partial charge in [-0.2, -0.15) is 0 Å². The smallest absolute Gasteiger partial charge is 0.0880 e. The molecular formula is C24H45OP. The molecule has 0 N–H and O–H groups in total. The summed E-state index contributed by atoms with van der Waals surface area (Å²) in [6.07, 6.45) is 26.6. The Bertz CT molecular complexity index is 421. The quantitative estimate of drug-likeness (QED) is 0.149. The molecule has 2 rings (SSSR count). The summed E-state index contributed by atoms with van der Waals surface area (Å²) >= 11 is 0. The van der Waals surface area contributed by atoms with Crippen molar-refractivity contribution < 1.29 is 4.57 Å². The van der Waals surface area contributed by atoms with E-state index >= 15 is 0 Å². The maximum absolute atomic E-state index is 13.8. The zero-order chi connectivity index (χ0) is 18.7. The second kappa shape index (κ2) is 12.4. The van der Waals surface area contributed by atoms with Crippen molar-refractivity contribution in [1.29, 1.82) is 0 Å². The Balaban J connectivity index is 1.73.